The summed E-state index contributed by atoms with van der Waals surface area (Å²) in [5, 5.41) is 9.57. The number of benzene rings is 2. The molecule has 0 spiro atoms. The van der Waals surface area contributed by atoms with Crippen LogP contribution in [0.4, 0.5) is 5.69 Å². The van der Waals surface area contributed by atoms with E-state index in [0.717, 1.165) is 11.3 Å². The second kappa shape index (κ2) is 12.1. The molecule has 3 aromatic rings. The molecular weight excluding hydrogens is 496 g/mol. The molecule has 1 fully saturated rings. The number of rotatable bonds is 9. The minimum absolute atomic E-state index is 0.0854. The number of carbonyl (C=O) groups is 3. The van der Waals surface area contributed by atoms with Crippen LogP contribution < -0.4 is 4.90 Å². The van der Waals surface area contributed by atoms with Gasteiger partial charge in [-0.25, -0.2) is 9.88 Å². The molecule has 3 amide bonds. The van der Waals surface area contributed by atoms with E-state index in [1.807, 2.05) is 63.2 Å². The van der Waals surface area contributed by atoms with Crippen molar-refractivity contribution < 1.29 is 14.4 Å². The Morgan fingerprint density at radius 2 is 1.74 bits per heavy atom. The fraction of sp³-hybridized carbons (Fsp3) is 0.300. The molecule has 2 aromatic carbocycles. The average molecular weight is 527 g/mol. The molecular formula is C30H30N4O3S. The molecule has 7 nitrogen and oxygen atoms in total. The topological polar surface area (TPSA) is 94.4 Å². The first-order valence-electron chi connectivity index (χ1n) is 12.7. The first-order valence-corrected chi connectivity index (χ1v) is 13.6. The number of imide groups is 1. The van der Waals surface area contributed by atoms with Gasteiger partial charge in [-0.05, 0) is 42.2 Å². The highest BCUT2D eigenvalue weighted by Gasteiger charge is 2.45. The van der Waals surface area contributed by atoms with Crippen LogP contribution in [-0.2, 0) is 20.9 Å². The van der Waals surface area contributed by atoms with E-state index in [2.05, 4.69) is 11.1 Å². The zero-order valence-electron chi connectivity index (χ0n) is 21.7. The fourth-order valence-electron chi connectivity index (χ4n) is 4.41. The van der Waals surface area contributed by atoms with Crippen molar-refractivity contribution in [3.63, 3.8) is 0 Å². The lowest BCUT2D eigenvalue weighted by atomic mass is 10.1. The predicted molar refractivity (Wildman–Crippen MR) is 147 cm³/mol. The molecule has 194 valence electrons. The molecule has 0 bridgehead atoms. The van der Waals surface area contributed by atoms with Gasteiger partial charge in [-0.1, -0.05) is 81.1 Å². The Labute approximate surface area is 227 Å². The van der Waals surface area contributed by atoms with Gasteiger partial charge in [0.25, 0.3) is 5.91 Å². The molecule has 2 atom stereocenters. The Kier molecular flexibility index (Phi) is 8.59. The third-order valence-corrected chi connectivity index (χ3v) is 7.84. The van der Waals surface area contributed by atoms with Gasteiger partial charge in [0.05, 0.1) is 22.9 Å². The summed E-state index contributed by atoms with van der Waals surface area (Å²) in [5.74, 6) is -0.847. The van der Waals surface area contributed by atoms with E-state index in [1.54, 1.807) is 30.3 Å². The number of hydrogen-bond acceptors (Lipinski definition) is 6. The zero-order chi connectivity index (χ0) is 27.2. The molecule has 1 aromatic heterocycles. The standard InChI is InChI=1S/C30H30N4O3S/c1-4-26(38-28-22(18-31)15-16-24(32-28)20(2)3)30(37)33(19-21-11-7-5-8-12-21)25-17-27(35)34(29(25)36)23-13-9-6-10-14-23/h5-16,20,25-26H,4,17,19H2,1-3H3. The second-order valence-electron chi connectivity index (χ2n) is 9.44. The van der Waals surface area contributed by atoms with Crippen molar-refractivity contribution in [3.05, 3.63) is 89.6 Å². The highest BCUT2D eigenvalue weighted by molar-refractivity contribution is 8.00. The number of carbonyl (C=O) groups excluding carboxylic acids is 3. The molecule has 1 aliphatic rings. The fourth-order valence-corrected chi connectivity index (χ4v) is 5.48. The molecule has 0 radical (unpaired) electrons. The molecule has 38 heavy (non-hydrogen) atoms. The van der Waals surface area contributed by atoms with Gasteiger partial charge >= 0.3 is 0 Å². The maximum atomic E-state index is 14.1. The van der Waals surface area contributed by atoms with Crippen LogP contribution in [0.5, 0.6) is 0 Å². The molecule has 2 heterocycles. The second-order valence-corrected chi connectivity index (χ2v) is 10.6. The Morgan fingerprint density at radius 1 is 1.08 bits per heavy atom. The summed E-state index contributed by atoms with van der Waals surface area (Å²) in [4.78, 5) is 48.1. The van der Waals surface area contributed by atoms with Crippen LogP contribution in [0.25, 0.3) is 0 Å². The first kappa shape index (κ1) is 27.1. The van der Waals surface area contributed by atoms with Crippen LogP contribution in [-0.4, -0.2) is 38.9 Å². The molecule has 0 N–H and O–H groups in total. The number of pyridine rings is 1. The number of anilines is 1. The summed E-state index contributed by atoms with van der Waals surface area (Å²) in [5.41, 5.74) is 2.59. The SMILES string of the molecule is CCC(Sc1nc(C(C)C)ccc1C#N)C(=O)N(Cc1ccccc1)C1CC(=O)N(c2ccccc2)C1=O. The smallest absolute Gasteiger partial charge is 0.257 e. The normalized spacial score (nSPS) is 16.0. The van der Waals surface area contributed by atoms with Crippen LogP contribution in [0.15, 0.2) is 77.8 Å². The molecule has 8 heteroatoms. The molecule has 0 aliphatic carbocycles. The minimum Gasteiger partial charge on any atom is -0.325 e. The van der Waals surface area contributed by atoms with E-state index in [9.17, 15) is 19.6 Å². The Bertz CT molecular complexity index is 1350. The number of nitrogens with zero attached hydrogens (tertiary/aromatic N) is 4. The predicted octanol–water partition coefficient (Wildman–Crippen LogP) is 5.31. The van der Waals surface area contributed by atoms with Crippen LogP contribution in [0.3, 0.4) is 0 Å². The van der Waals surface area contributed by atoms with Crippen molar-refractivity contribution in [1.29, 1.82) is 5.26 Å². The van der Waals surface area contributed by atoms with Gasteiger partial charge in [0, 0.05) is 12.2 Å². The van der Waals surface area contributed by atoms with Crippen LogP contribution in [0, 0.1) is 11.3 Å². The van der Waals surface area contributed by atoms with Crippen molar-refractivity contribution in [3.8, 4) is 6.07 Å². The summed E-state index contributed by atoms with van der Waals surface area (Å²) in [6, 6.07) is 23.0. The van der Waals surface area contributed by atoms with Gasteiger partial charge < -0.3 is 4.90 Å². The lowest BCUT2D eigenvalue weighted by Gasteiger charge is -2.31. The summed E-state index contributed by atoms with van der Waals surface area (Å²) < 4.78 is 0. The van der Waals surface area contributed by atoms with E-state index in [-0.39, 0.29) is 30.7 Å². The van der Waals surface area contributed by atoms with Gasteiger partial charge in [-0.3, -0.25) is 14.4 Å². The quantitative estimate of drug-likeness (QED) is 0.277. The summed E-state index contributed by atoms with van der Waals surface area (Å²) in [6.07, 6.45) is 0.377. The molecule has 1 saturated heterocycles. The maximum Gasteiger partial charge on any atom is 0.257 e. The minimum atomic E-state index is -0.921. The number of aromatic nitrogens is 1. The van der Waals surface area contributed by atoms with Crippen LogP contribution in [0.1, 0.15) is 56.4 Å². The van der Waals surface area contributed by atoms with Crippen molar-refractivity contribution in [2.45, 2.75) is 62.4 Å². The Hall–Kier alpha value is -3.96. The summed E-state index contributed by atoms with van der Waals surface area (Å²) in [7, 11) is 0. The molecule has 2 unspecified atom stereocenters. The van der Waals surface area contributed by atoms with Gasteiger partial charge in [0.1, 0.15) is 17.1 Å². The number of thioether (sulfide) groups is 1. The van der Waals surface area contributed by atoms with Gasteiger partial charge in [0.15, 0.2) is 0 Å². The van der Waals surface area contributed by atoms with Crippen molar-refractivity contribution in [1.82, 2.24) is 9.88 Å². The van der Waals surface area contributed by atoms with E-state index >= 15 is 0 Å². The van der Waals surface area contributed by atoms with Gasteiger partial charge in [0.2, 0.25) is 11.8 Å². The van der Waals surface area contributed by atoms with E-state index in [0.29, 0.717) is 22.7 Å². The molecule has 4 rings (SSSR count). The van der Waals surface area contributed by atoms with E-state index < -0.39 is 17.2 Å². The largest absolute Gasteiger partial charge is 0.325 e. The third-order valence-electron chi connectivity index (χ3n) is 6.49. The lowest BCUT2D eigenvalue weighted by Crippen LogP contribution is -2.48. The summed E-state index contributed by atoms with van der Waals surface area (Å²) >= 11 is 1.24. The molecule has 0 saturated carbocycles. The first-order chi connectivity index (χ1) is 18.3. The number of nitriles is 1. The lowest BCUT2D eigenvalue weighted by molar-refractivity contribution is -0.138. The van der Waals surface area contributed by atoms with E-state index in [1.165, 1.54) is 21.6 Å². The third kappa shape index (κ3) is 5.79. The number of amides is 3. The number of para-hydroxylation sites is 1. The maximum absolute atomic E-state index is 14.1. The highest BCUT2D eigenvalue weighted by Crippen LogP contribution is 2.33. The van der Waals surface area contributed by atoms with Gasteiger partial charge in [-0.2, -0.15) is 5.26 Å². The van der Waals surface area contributed by atoms with Crippen molar-refractivity contribution in [2.75, 3.05) is 4.90 Å². The van der Waals surface area contributed by atoms with Gasteiger partial charge in [-0.15, -0.1) is 0 Å². The van der Waals surface area contributed by atoms with Crippen LogP contribution in [0.2, 0.25) is 0 Å². The van der Waals surface area contributed by atoms with E-state index in [4.69, 9.17) is 0 Å². The van der Waals surface area contributed by atoms with Crippen molar-refractivity contribution >= 4 is 35.2 Å². The Morgan fingerprint density at radius 3 is 2.34 bits per heavy atom. The molecule has 1 aliphatic heterocycles. The highest BCUT2D eigenvalue weighted by atomic mass is 32.2. The zero-order valence-corrected chi connectivity index (χ0v) is 22.5. The monoisotopic (exact) mass is 526 g/mol. The average Bonchev–Trinajstić information content (AvgIpc) is 3.23. The van der Waals surface area contributed by atoms with Crippen molar-refractivity contribution in [2.24, 2.45) is 0 Å². The Balaban J connectivity index is 1.67. The van der Waals surface area contributed by atoms with Crippen LogP contribution >= 0.6 is 11.8 Å². The summed E-state index contributed by atoms with van der Waals surface area (Å²) in [6.45, 7) is 6.13. The number of hydrogen-bond donors (Lipinski definition) is 0.